The third-order valence-electron chi connectivity index (χ3n) is 6.56. The zero-order chi connectivity index (χ0) is 21.7. The van der Waals surface area contributed by atoms with Crippen molar-refractivity contribution < 1.29 is 14.9 Å². The van der Waals surface area contributed by atoms with Gasteiger partial charge in [0.25, 0.3) is 5.88 Å². The van der Waals surface area contributed by atoms with Crippen molar-refractivity contribution in [2.24, 2.45) is 0 Å². The lowest BCUT2D eigenvalue weighted by Crippen LogP contribution is -2.33. The lowest BCUT2D eigenvalue weighted by atomic mass is 9.77. The molecule has 2 fully saturated rings. The first kappa shape index (κ1) is 21.8. The fraction of sp³-hybridized carbons (Fsp3) is 0.560. The molecule has 6 heteroatoms. The van der Waals surface area contributed by atoms with Gasteiger partial charge in [0.15, 0.2) is 5.82 Å². The zero-order valence-electron chi connectivity index (χ0n) is 18.4. The normalized spacial score (nSPS) is 20.0. The average molecular weight is 424 g/mol. The van der Waals surface area contributed by atoms with Gasteiger partial charge in [0.1, 0.15) is 11.9 Å². The summed E-state index contributed by atoms with van der Waals surface area (Å²) in [7, 11) is 0. The van der Waals surface area contributed by atoms with E-state index in [1.165, 1.54) is 6.33 Å². The molecule has 0 spiro atoms. The third-order valence-corrected chi connectivity index (χ3v) is 6.56. The van der Waals surface area contributed by atoms with Crippen LogP contribution in [0.15, 0.2) is 42.4 Å². The van der Waals surface area contributed by atoms with Crippen molar-refractivity contribution in [2.45, 2.75) is 82.3 Å². The van der Waals surface area contributed by atoms with Gasteiger partial charge in [0.2, 0.25) is 0 Å². The summed E-state index contributed by atoms with van der Waals surface area (Å²) < 4.78 is 7.55. The molecular weight excluding hydrogens is 390 g/mol. The highest BCUT2D eigenvalue weighted by Gasteiger charge is 2.38. The Balaban J connectivity index is 1.88. The van der Waals surface area contributed by atoms with Crippen molar-refractivity contribution >= 4 is 11.5 Å². The van der Waals surface area contributed by atoms with Crippen LogP contribution in [-0.2, 0) is 10.3 Å². The first-order chi connectivity index (χ1) is 15.1. The highest BCUT2D eigenvalue weighted by atomic mass is 16.5. The highest BCUT2D eigenvalue weighted by molar-refractivity contribution is 5.74. The van der Waals surface area contributed by atoms with Crippen molar-refractivity contribution in [3.8, 4) is 0 Å². The Hall–Kier alpha value is -2.40. The number of hydrogen-bond donors (Lipinski definition) is 2. The van der Waals surface area contributed by atoms with Crippen LogP contribution < -0.4 is 0 Å². The molecule has 1 aromatic carbocycles. The molecule has 31 heavy (non-hydrogen) atoms. The Kier molecular flexibility index (Phi) is 6.61. The summed E-state index contributed by atoms with van der Waals surface area (Å²) >= 11 is 0. The molecule has 0 radical (unpaired) electrons. The van der Waals surface area contributed by atoms with E-state index in [4.69, 9.17) is 4.74 Å². The molecule has 0 aliphatic heterocycles. The molecule has 166 valence electrons. The third kappa shape index (κ3) is 4.62. The van der Waals surface area contributed by atoms with Crippen molar-refractivity contribution in [1.29, 1.82) is 0 Å². The molecule has 0 amide bonds. The van der Waals surface area contributed by atoms with Crippen LogP contribution >= 0.6 is 0 Å². The molecule has 1 heterocycles. The SMILES string of the molecule is CCOC(=C=C(c1ccccc1)C1(O)CCCCC1)n1ncnc1C1(O)CCCCC1. The Morgan fingerprint density at radius 3 is 2.29 bits per heavy atom. The lowest BCUT2D eigenvalue weighted by Gasteiger charge is -2.34. The maximum atomic E-state index is 11.6. The van der Waals surface area contributed by atoms with E-state index in [-0.39, 0.29) is 0 Å². The number of benzene rings is 1. The molecule has 2 N–H and O–H groups in total. The second kappa shape index (κ2) is 9.39. The van der Waals surface area contributed by atoms with Gasteiger partial charge in [-0.1, -0.05) is 68.9 Å². The van der Waals surface area contributed by atoms with Gasteiger partial charge in [-0.2, -0.15) is 9.78 Å². The molecule has 2 aliphatic rings. The van der Waals surface area contributed by atoms with Crippen molar-refractivity contribution in [3.63, 3.8) is 0 Å². The molecular formula is C25H33N3O3. The van der Waals surface area contributed by atoms with Gasteiger partial charge >= 0.3 is 0 Å². The van der Waals surface area contributed by atoms with Gasteiger partial charge in [-0.05, 0) is 43.9 Å². The first-order valence-corrected chi connectivity index (χ1v) is 11.6. The minimum absolute atomic E-state index is 0.367. The van der Waals surface area contributed by atoms with E-state index in [1.54, 1.807) is 4.68 Å². The van der Waals surface area contributed by atoms with E-state index in [2.05, 4.69) is 15.8 Å². The second-order valence-electron chi connectivity index (χ2n) is 8.78. The largest absolute Gasteiger partial charge is 0.472 e. The fourth-order valence-corrected chi connectivity index (χ4v) is 4.91. The predicted molar refractivity (Wildman–Crippen MR) is 120 cm³/mol. The van der Waals surface area contributed by atoms with E-state index in [9.17, 15) is 10.2 Å². The Morgan fingerprint density at radius 1 is 1.00 bits per heavy atom. The Labute approximate surface area is 184 Å². The molecule has 0 saturated heterocycles. The van der Waals surface area contributed by atoms with Crippen LogP contribution in [0.1, 0.15) is 82.5 Å². The van der Waals surface area contributed by atoms with Crippen LogP contribution in [0, 0.1) is 0 Å². The molecule has 2 saturated carbocycles. The maximum absolute atomic E-state index is 11.6. The van der Waals surface area contributed by atoms with Crippen molar-refractivity contribution in [3.05, 3.63) is 53.8 Å². The van der Waals surface area contributed by atoms with Gasteiger partial charge in [-0.15, -0.1) is 0 Å². The second-order valence-corrected chi connectivity index (χ2v) is 8.78. The monoisotopic (exact) mass is 423 g/mol. The van der Waals surface area contributed by atoms with Crippen LogP contribution in [0.3, 0.4) is 0 Å². The van der Waals surface area contributed by atoms with E-state index in [0.29, 0.717) is 49.6 Å². The van der Waals surface area contributed by atoms with E-state index < -0.39 is 11.2 Å². The summed E-state index contributed by atoms with van der Waals surface area (Å²) in [6, 6.07) is 9.89. The Morgan fingerprint density at radius 2 is 1.65 bits per heavy atom. The van der Waals surface area contributed by atoms with Crippen LogP contribution in [0.25, 0.3) is 11.5 Å². The number of hydrogen-bond acceptors (Lipinski definition) is 5. The molecule has 2 aromatic rings. The zero-order valence-corrected chi connectivity index (χ0v) is 18.4. The van der Waals surface area contributed by atoms with Crippen LogP contribution in [-0.4, -0.2) is 37.2 Å². The predicted octanol–water partition coefficient (Wildman–Crippen LogP) is 4.64. The van der Waals surface area contributed by atoms with Gasteiger partial charge in [0.05, 0.1) is 12.2 Å². The van der Waals surface area contributed by atoms with Crippen molar-refractivity contribution in [2.75, 3.05) is 6.61 Å². The summed E-state index contributed by atoms with van der Waals surface area (Å²) in [5.41, 5.74) is 3.04. The summed E-state index contributed by atoms with van der Waals surface area (Å²) in [6.07, 6.45) is 10.3. The van der Waals surface area contributed by atoms with E-state index in [1.807, 2.05) is 37.3 Å². The van der Waals surface area contributed by atoms with Gasteiger partial charge in [0, 0.05) is 5.57 Å². The molecule has 0 unspecified atom stereocenters. The number of aromatic nitrogens is 3. The average Bonchev–Trinajstić information content (AvgIpc) is 3.29. The van der Waals surface area contributed by atoms with Crippen molar-refractivity contribution in [1.82, 2.24) is 14.8 Å². The number of rotatable bonds is 6. The fourth-order valence-electron chi connectivity index (χ4n) is 4.91. The summed E-state index contributed by atoms with van der Waals surface area (Å²) in [5.74, 6) is 0.859. The number of ether oxygens (including phenoxy) is 1. The van der Waals surface area contributed by atoms with Crippen LogP contribution in [0.5, 0.6) is 0 Å². The molecule has 4 rings (SSSR count). The number of nitrogens with zero attached hydrogens (tertiary/aromatic N) is 3. The quantitative estimate of drug-likeness (QED) is 0.522. The van der Waals surface area contributed by atoms with Gasteiger partial charge < -0.3 is 14.9 Å². The minimum Gasteiger partial charge on any atom is -0.472 e. The van der Waals surface area contributed by atoms with Gasteiger partial charge in [-0.3, -0.25) is 0 Å². The topological polar surface area (TPSA) is 80.4 Å². The molecule has 0 atom stereocenters. The van der Waals surface area contributed by atoms with E-state index in [0.717, 1.165) is 44.1 Å². The maximum Gasteiger partial charge on any atom is 0.263 e. The lowest BCUT2D eigenvalue weighted by molar-refractivity contribution is -0.0116. The van der Waals surface area contributed by atoms with E-state index >= 15 is 0 Å². The molecule has 6 nitrogen and oxygen atoms in total. The summed E-state index contributed by atoms with van der Waals surface area (Å²) in [4.78, 5) is 4.41. The van der Waals surface area contributed by atoms with Gasteiger partial charge in [-0.25, -0.2) is 4.98 Å². The summed E-state index contributed by atoms with van der Waals surface area (Å²) in [6.45, 7) is 2.33. The molecule has 2 aliphatic carbocycles. The summed E-state index contributed by atoms with van der Waals surface area (Å²) in [5, 5.41) is 27.3. The van der Waals surface area contributed by atoms with Crippen LogP contribution in [0.2, 0.25) is 0 Å². The number of aliphatic hydroxyl groups is 2. The highest BCUT2D eigenvalue weighted by Crippen LogP contribution is 2.40. The molecule has 0 bridgehead atoms. The molecule has 1 aromatic heterocycles. The standard InChI is InChI=1S/C25H33N3O3/c1-2-31-22(28-23(26-19-27-28)25(30)16-10-5-11-17-25)18-21(20-12-6-3-7-13-20)24(29)14-8-4-9-15-24/h3,6-7,12-13,19,29-30H,2,4-5,8-11,14-17H2,1H3. The van der Waals surface area contributed by atoms with Crippen LogP contribution in [0.4, 0.5) is 0 Å². The smallest absolute Gasteiger partial charge is 0.263 e. The first-order valence-electron chi connectivity index (χ1n) is 11.6. The minimum atomic E-state index is -1.02. The Bertz CT molecular complexity index is 932.